The van der Waals surface area contributed by atoms with Crippen LogP contribution in [0.15, 0.2) is 42.5 Å². The third-order valence-corrected chi connectivity index (χ3v) is 6.17. The van der Waals surface area contributed by atoms with Gasteiger partial charge in [-0.05, 0) is 48.7 Å². The summed E-state index contributed by atoms with van der Waals surface area (Å²) in [6.45, 7) is 1.59. The number of amides is 1. The third kappa shape index (κ3) is 3.99. The molecule has 9 nitrogen and oxygen atoms in total. The van der Waals surface area contributed by atoms with E-state index >= 15 is 0 Å². The first kappa shape index (κ1) is 22.5. The zero-order valence-corrected chi connectivity index (χ0v) is 19.4. The fourth-order valence-corrected chi connectivity index (χ4v) is 4.60. The van der Waals surface area contributed by atoms with Crippen LogP contribution >= 0.6 is 0 Å². The van der Waals surface area contributed by atoms with Crippen molar-refractivity contribution < 1.29 is 33.3 Å². The highest BCUT2D eigenvalue weighted by atomic mass is 16.6. The first-order valence-electron chi connectivity index (χ1n) is 11.2. The first-order chi connectivity index (χ1) is 17.0. The van der Waals surface area contributed by atoms with Gasteiger partial charge in [-0.2, -0.15) is 0 Å². The van der Waals surface area contributed by atoms with Crippen LogP contribution in [-0.2, 0) is 22.4 Å². The van der Waals surface area contributed by atoms with Crippen LogP contribution < -0.4 is 14.8 Å². The van der Waals surface area contributed by atoms with E-state index in [2.05, 4.69) is 5.32 Å². The zero-order valence-electron chi connectivity index (χ0n) is 19.4. The number of hydrogen-bond donors (Lipinski definition) is 1. The molecule has 1 aromatic heterocycles. The van der Waals surface area contributed by atoms with Crippen LogP contribution in [0.5, 0.6) is 11.5 Å². The predicted molar refractivity (Wildman–Crippen MR) is 126 cm³/mol. The van der Waals surface area contributed by atoms with Crippen LogP contribution in [0, 0.1) is 0 Å². The minimum absolute atomic E-state index is 0.196. The Kier molecular flexibility index (Phi) is 5.90. The number of nitrogens with zero attached hydrogens (tertiary/aromatic N) is 1. The summed E-state index contributed by atoms with van der Waals surface area (Å²) < 4.78 is 23.0. The van der Waals surface area contributed by atoms with E-state index in [0.29, 0.717) is 54.6 Å². The van der Waals surface area contributed by atoms with Crippen molar-refractivity contribution in [3.8, 4) is 22.8 Å². The Balaban J connectivity index is 1.45. The van der Waals surface area contributed by atoms with E-state index in [9.17, 15) is 14.4 Å². The molecule has 2 aromatic carbocycles. The highest BCUT2D eigenvalue weighted by Crippen LogP contribution is 2.37. The van der Waals surface area contributed by atoms with Crippen LogP contribution in [0.2, 0.25) is 0 Å². The lowest BCUT2D eigenvalue weighted by Crippen LogP contribution is -2.17. The number of nitrogens with one attached hydrogen (secondary N) is 1. The van der Waals surface area contributed by atoms with Gasteiger partial charge < -0.3 is 28.8 Å². The maximum atomic E-state index is 12.8. The molecule has 1 N–H and O–H groups in total. The fourth-order valence-electron chi connectivity index (χ4n) is 4.60. The van der Waals surface area contributed by atoms with E-state index in [-0.39, 0.29) is 17.0 Å². The summed E-state index contributed by atoms with van der Waals surface area (Å²) >= 11 is 0. The summed E-state index contributed by atoms with van der Waals surface area (Å²) in [6.07, 6.45) is 1.52. The monoisotopic (exact) mass is 476 g/mol. The van der Waals surface area contributed by atoms with Crippen molar-refractivity contribution in [1.82, 2.24) is 4.57 Å². The van der Waals surface area contributed by atoms with Gasteiger partial charge in [0.2, 0.25) is 0 Å². The Morgan fingerprint density at radius 3 is 2.29 bits per heavy atom. The van der Waals surface area contributed by atoms with E-state index in [1.165, 1.54) is 14.2 Å². The molecule has 0 spiro atoms. The standard InChI is InChI=1S/C26H24N2O7/c1-32-25(30)21-18-4-3-11-28(18)23(22(21)26(31)33-2)15-5-8-17(9-6-15)27-24(29)16-7-10-19-20(14-16)35-13-12-34-19/h5-10,14H,3-4,11-13H2,1-2H3,(H,27,29). The number of hydrogen-bond acceptors (Lipinski definition) is 7. The van der Waals surface area contributed by atoms with Crippen molar-refractivity contribution in [3.63, 3.8) is 0 Å². The second kappa shape index (κ2) is 9.17. The number of esters is 2. The maximum absolute atomic E-state index is 12.8. The van der Waals surface area contributed by atoms with Crippen molar-refractivity contribution in [2.45, 2.75) is 19.4 Å². The van der Waals surface area contributed by atoms with E-state index < -0.39 is 11.9 Å². The molecule has 0 radical (unpaired) electrons. The average Bonchev–Trinajstić information content (AvgIpc) is 3.48. The fraction of sp³-hybridized carbons (Fsp3) is 0.269. The molecule has 2 aliphatic rings. The average molecular weight is 476 g/mol. The highest BCUT2D eigenvalue weighted by molar-refractivity contribution is 6.09. The summed E-state index contributed by atoms with van der Waals surface area (Å²) in [4.78, 5) is 38.0. The van der Waals surface area contributed by atoms with Crippen LogP contribution in [-0.4, -0.2) is 49.8 Å². The van der Waals surface area contributed by atoms with E-state index in [1.54, 1.807) is 42.5 Å². The number of methoxy groups -OCH3 is 2. The van der Waals surface area contributed by atoms with E-state index in [0.717, 1.165) is 17.7 Å². The van der Waals surface area contributed by atoms with Crippen molar-refractivity contribution in [2.75, 3.05) is 32.8 Å². The van der Waals surface area contributed by atoms with Crippen LogP contribution in [0.1, 0.15) is 43.2 Å². The molecule has 0 saturated heterocycles. The van der Waals surface area contributed by atoms with Gasteiger partial charge in [-0.15, -0.1) is 0 Å². The second-order valence-corrected chi connectivity index (χ2v) is 8.17. The summed E-state index contributed by atoms with van der Waals surface area (Å²) in [7, 11) is 2.58. The summed E-state index contributed by atoms with van der Waals surface area (Å²) in [5, 5.41) is 2.87. The third-order valence-electron chi connectivity index (χ3n) is 6.17. The molecule has 3 heterocycles. The normalized spacial score (nSPS) is 13.7. The van der Waals surface area contributed by atoms with Gasteiger partial charge in [0.25, 0.3) is 5.91 Å². The van der Waals surface area contributed by atoms with Gasteiger partial charge in [0, 0.05) is 23.5 Å². The van der Waals surface area contributed by atoms with Gasteiger partial charge in [0.1, 0.15) is 18.8 Å². The Bertz CT molecular complexity index is 1320. The Morgan fingerprint density at radius 2 is 1.57 bits per heavy atom. The molecule has 0 aliphatic carbocycles. The predicted octanol–water partition coefficient (Wildman–Crippen LogP) is 3.70. The Morgan fingerprint density at radius 1 is 0.886 bits per heavy atom. The molecule has 3 aromatic rings. The molecule has 0 atom stereocenters. The number of benzene rings is 2. The largest absolute Gasteiger partial charge is 0.486 e. The zero-order chi connectivity index (χ0) is 24.5. The minimum Gasteiger partial charge on any atom is -0.486 e. The van der Waals surface area contributed by atoms with Crippen molar-refractivity contribution in [1.29, 1.82) is 0 Å². The second-order valence-electron chi connectivity index (χ2n) is 8.17. The molecule has 1 amide bonds. The summed E-state index contributed by atoms with van der Waals surface area (Å²) in [6, 6.07) is 12.1. The lowest BCUT2D eigenvalue weighted by atomic mass is 10.0. The van der Waals surface area contributed by atoms with Gasteiger partial charge in [-0.1, -0.05) is 12.1 Å². The summed E-state index contributed by atoms with van der Waals surface area (Å²) in [5.41, 5.74) is 3.57. The van der Waals surface area contributed by atoms with Gasteiger partial charge in [0.15, 0.2) is 11.5 Å². The first-order valence-corrected chi connectivity index (χ1v) is 11.2. The van der Waals surface area contributed by atoms with E-state index in [1.807, 2.05) is 4.57 Å². The Hall–Kier alpha value is -4.27. The topological polar surface area (TPSA) is 105 Å². The molecule has 0 bridgehead atoms. The quantitative estimate of drug-likeness (QED) is 0.560. The number of anilines is 1. The number of aromatic nitrogens is 1. The van der Waals surface area contributed by atoms with Gasteiger partial charge in [0.05, 0.1) is 25.5 Å². The van der Waals surface area contributed by atoms with Crippen LogP contribution in [0.25, 0.3) is 11.3 Å². The molecule has 9 heteroatoms. The number of carbonyl (C=O) groups excluding carboxylic acids is 3. The molecular weight excluding hydrogens is 452 g/mol. The van der Waals surface area contributed by atoms with Gasteiger partial charge >= 0.3 is 11.9 Å². The van der Waals surface area contributed by atoms with Crippen molar-refractivity contribution in [2.24, 2.45) is 0 Å². The number of fused-ring (bicyclic) bond motifs is 2. The van der Waals surface area contributed by atoms with Crippen molar-refractivity contribution in [3.05, 3.63) is 64.8 Å². The highest BCUT2D eigenvalue weighted by Gasteiger charge is 2.34. The van der Waals surface area contributed by atoms with Crippen LogP contribution in [0.3, 0.4) is 0 Å². The minimum atomic E-state index is -0.599. The molecule has 5 rings (SSSR count). The Labute approximate surface area is 201 Å². The van der Waals surface area contributed by atoms with Crippen LogP contribution in [0.4, 0.5) is 5.69 Å². The maximum Gasteiger partial charge on any atom is 0.340 e. The number of carbonyl (C=O) groups is 3. The molecule has 2 aliphatic heterocycles. The summed E-state index contributed by atoms with van der Waals surface area (Å²) in [5.74, 6) is -0.298. The molecule has 0 fully saturated rings. The number of rotatable bonds is 5. The van der Waals surface area contributed by atoms with Crippen molar-refractivity contribution >= 4 is 23.5 Å². The van der Waals surface area contributed by atoms with Gasteiger partial charge in [-0.25, -0.2) is 9.59 Å². The molecule has 180 valence electrons. The van der Waals surface area contributed by atoms with Gasteiger partial charge in [-0.3, -0.25) is 4.79 Å². The lowest BCUT2D eigenvalue weighted by Gasteiger charge is -2.18. The molecule has 0 saturated carbocycles. The SMILES string of the molecule is COC(=O)c1c(C(=O)OC)c(-c2ccc(NC(=O)c3ccc4c(c3)OCCO4)cc2)n2c1CCC2. The smallest absolute Gasteiger partial charge is 0.340 e. The molecule has 35 heavy (non-hydrogen) atoms. The lowest BCUT2D eigenvalue weighted by molar-refractivity contribution is 0.0556. The number of ether oxygens (including phenoxy) is 4. The molecule has 0 unspecified atom stereocenters. The van der Waals surface area contributed by atoms with E-state index in [4.69, 9.17) is 18.9 Å². The molecular formula is C26H24N2O7.